The first kappa shape index (κ1) is 21.0. The largest absolute Gasteiger partial charge is 0.366 e. The van der Waals surface area contributed by atoms with Crippen molar-refractivity contribution in [2.24, 2.45) is 11.7 Å². The molecule has 29 heavy (non-hydrogen) atoms. The van der Waals surface area contributed by atoms with Gasteiger partial charge in [-0.15, -0.1) is 0 Å². The van der Waals surface area contributed by atoms with Crippen LogP contribution in [0.2, 0.25) is 0 Å². The molecule has 0 aliphatic carbocycles. The molecule has 8 heteroatoms. The van der Waals surface area contributed by atoms with Crippen LogP contribution in [0.4, 0.5) is 5.69 Å². The van der Waals surface area contributed by atoms with Crippen LogP contribution in [-0.4, -0.2) is 37.6 Å². The zero-order valence-electron chi connectivity index (χ0n) is 16.5. The van der Waals surface area contributed by atoms with Crippen molar-refractivity contribution in [2.75, 3.05) is 18.4 Å². The van der Waals surface area contributed by atoms with E-state index in [1.807, 2.05) is 32.0 Å². The van der Waals surface area contributed by atoms with Gasteiger partial charge in [0.05, 0.1) is 4.90 Å². The summed E-state index contributed by atoms with van der Waals surface area (Å²) in [5.74, 6) is -0.926. The molecule has 0 spiro atoms. The topological polar surface area (TPSA) is 110 Å². The summed E-state index contributed by atoms with van der Waals surface area (Å²) >= 11 is 0. The maximum atomic E-state index is 12.8. The van der Waals surface area contributed by atoms with Crippen LogP contribution in [0.3, 0.4) is 0 Å². The van der Waals surface area contributed by atoms with E-state index in [0.717, 1.165) is 16.8 Å². The Kier molecular flexibility index (Phi) is 6.04. The first-order valence-corrected chi connectivity index (χ1v) is 10.9. The molecule has 1 aliphatic rings. The van der Waals surface area contributed by atoms with Gasteiger partial charge in [0.25, 0.3) is 0 Å². The van der Waals surface area contributed by atoms with Crippen LogP contribution in [-0.2, 0) is 14.8 Å². The molecule has 1 saturated heterocycles. The SMILES string of the molecule is Cc1cccc(NC(=O)C2CCN(S(=O)(=O)c3ccc(C(N)=O)cc3)CC2)c1C. The van der Waals surface area contributed by atoms with Crippen molar-refractivity contribution in [3.63, 3.8) is 0 Å². The number of piperidine rings is 1. The van der Waals surface area contributed by atoms with Crippen molar-refractivity contribution in [3.05, 3.63) is 59.2 Å². The predicted octanol–water partition coefficient (Wildman–Crippen LogP) is 2.44. The van der Waals surface area contributed by atoms with E-state index in [9.17, 15) is 18.0 Å². The second-order valence-electron chi connectivity index (χ2n) is 7.30. The Labute approximate surface area is 171 Å². The van der Waals surface area contributed by atoms with Crippen molar-refractivity contribution in [3.8, 4) is 0 Å². The first-order chi connectivity index (χ1) is 13.7. The average Bonchev–Trinajstić information content (AvgIpc) is 2.71. The van der Waals surface area contributed by atoms with Gasteiger partial charge in [-0.05, 0) is 68.1 Å². The maximum Gasteiger partial charge on any atom is 0.248 e. The fourth-order valence-electron chi connectivity index (χ4n) is 3.42. The lowest BCUT2D eigenvalue weighted by molar-refractivity contribution is -0.120. The fourth-order valence-corrected chi connectivity index (χ4v) is 4.89. The molecule has 0 aromatic heterocycles. The van der Waals surface area contributed by atoms with Crippen molar-refractivity contribution in [1.29, 1.82) is 0 Å². The van der Waals surface area contributed by atoms with E-state index in [1.165, 1.54) is 28.6 Å². The standard InChI is InChI=1S/C21H25N3O4S/c1-14-4-3-5-19(15(14)2)23-21(26)17-10-12-24(13-11-17)29(27,28)18-8-6-16(7-9-18)20(22)25/h3-9,17H,10-13H2,1-2H3,(H2,22,25)(H,23,26). The van der Waals surface area contributed by atoms with Gasteiger partial charge in [-0.25, -0.2) is 8.42 Å². The van der Waals surface area contributed by atoms with Gasteiger partial charge in [0.1, 0.15) is 0 Å². The number of hydrogen-bond donors (Lipinski definition) is 2. The molecule has 0 bridgehead atoms. The second kappa shape index (κ2) is 8.34. The van der Waals surface area contributed by atoms with Crippen molar-refractivity contribution in [2.45, 2.75) is 31.6 Å². The lowest BCUT2D eigenvalue weighted by atomic mass is 9.97. The lowest BCUT2D eigenvalue weighted by Gasteiger charge is -2.30. The van der Waals surface area contributed by atoms with Crippen LogP contribution in [0.15, 0.2) is 47.4 Å². The number of rotatable bonds is 5. The zero-order chi connectivity index (χ0) is 21.2. The zero-order valence-corrected chi connectivity index (χ0v) is 17.3. The van der Waals surface area contributed by atoms with Gasteiger partial charge in [-0.3, -0.25) is 9.59 Å². The van der Waals surface area contributed by atoms with Crippen molar-refractivity contribution in [1.82, 2.24) is 4.31 Å². The normalized spacial score (nSPS) is 15.8. The van der Waals surface area contributed by atoms with Crippen molar-refractivity contribution < 1.29 is 18.0 Å². The summed E-state index contributed by atoms with van der Waals surface area (Å²) < 4.78 is 27.0. The minimum atomic E-state index is -3.68. The van der Waals surface area contributed by atoms with E-state index in [2.05, 4.69) is 5.32 Å². The molecule has 2 amide bonds. The quantitative estimate of drug-likeness (QED) is 0.781. The summed E-state index contributed by atoms with van der Waals surface area (Å²) in [5, 5.41) is 2.97. The third kappa shape index (κ3) is 4.49. The van der Waals surface area contributed by atoms with Crippen LogP contribution in [0.1, 0.15) is 34.3 Å². The van der Waals surface area contributed by atoms with E-state index in [0.29, 0.717) is 12.8 Å². The summed E-state index contributed by atoms with van der Waals surface area (Å²) in [5.41, 5.74) is 8.37. The number of nitrogens with zero attached hydrogens (tertiary/aromatic N) is 1. The molecule has 3 rings (SSSR count). The van der Waals surface area contributed by atoms with Crippen LogP contribution in [0.25, 0.3) is 0 Å². The Morgan fingerprint density at radius 3 is 2.24 bits per heavy atom. The fraction of sp³-hybridized carbons (Fsp3) is 0.333. The Bertz CT molecular complexity index is 1020. The lowest BCUT2D eigenvalue weighted by Crippen LogP contribution is -2.41. The smallest absolute Gasteiger partial charge is 0.248 e. The Balaban J connectivity index is 1.64. The highest BCUT2D eigenvalue weighted by molar-refractivity contribution is 7.89. The third-order valence-corrected chi connectivity index (χ3v) is 7.38. The first-order valence-electron chi connectivity index (χ1n) is 9.47. The number of benzene rings is 2. The third-order valence-electron chi connectivity index (χ3n) is 5.46. The monoisotopic (exact) mass is 415 g/mol. The average molecular weight is 416 g/mol. The number of carbonyl (C=O) groups is 2. The molecule has 0 atom stereocenters. The number of aryl methyl sites for hydroxylation is 1. The molecule has 1 heterocycles. The van der Waals surface area contributed by atoms with Gasteiger partial charge in [0, 0.05) is 30.3 Å². The second-order valence-corrected chi connectivity index (χ2v) is 9.24. The number of sulfonamides is 1. The minimum absolute atomic E-state index is 0.0819. The predicted molar refractivity (Wildman–Crippen MR) is 111 cm³/mol. The van der Waals surface area contributed by atoms with E-state index in [-0.39, 0.29) is 35.4 Å². The number of nitrogens with one attached hydrogen (secondary N) is 1. The highest BCUT2D eigenvalue weighted by Crippen LogP contribution is 2.26. The molecule has 0 saturated carbocycles. The molecule has 1 fully saturated rings. The number of anilines is 1. The van der Waals surface area contributed by atoms with Gasteiger partial charge < -0.3 is 11.1 Å². The molecular formula is C21H25N3O4S. The number of amides is 2. The number of nitrogens with two attached hydrogens (primary N) is 1. The van der Waals surface area contributed by atoms with Crippen LogP contribution < -0.4 is 11.1 Å². The molecule has 7 nitrogen and oxygen atoms in total. The number of primary amides is 1. The van der Waals surface area contributed by atoms with E-state index < -0.39 is 15.9 Å². The summed E-state index contributed by atoms with van der Waals surface area (Å²) in [6.45, 7) is 4.49. The van der Waals surface area contributed by atoms with Gasteiger partial charge in [-0.1, -0.05) is 12.1 Å². The Morgan fingerprint density at radius 2 is 1.66 bits per heavy atom. The summed E-state index contributed by atoms with van der Waals surface area (Å²) in [6, 6.07) is 11.3. The maximum absolute atomic E-state index is 12.8. The number of hydrogen-bond acceptors (Lipinski definition) is 4. The van der Waals surface area contributed by atoms with Crippen LogP contribution >= 0.6 is 0 Å². The van der Waals surface area contributed by atoms with Crippen molar-refractivity contribution >= 4 is 27.5 Å². The summed E-state index contributed by atoms with van der Waals surface area (Å²) in [7, 11) is -3.68. The molecular weight excluding hydrogens is 390 g/mol. The minimum Gasteiger partial charge on any atom is -0.366 e. The Hall–Kier alpha value is -2.71. The van der Waals surface area contributed by atoms with Crippen LogP contribution in [0.5, 0.6) is 0 Å². The highest BCUT2D eigenvalue weighted by Gasteiger charge is 2.32. The van der Waals surface area contributed by atoms with Gasteiger partial charge >= 0.3 is 0 Å². The van der Waals surface area contributed by atoms with Gasteiger partial charge in [0.15, 0.2) is 0 Å². The molecule has 2 aromatic carbocycles. The molecule has 2 aromatic rings. The van der Waals surface area contributed by atoms with E-state index in [1.54, 1.807) is 0 Å². The summed E-state index contributed by atoms with van der Waals surface area (Å²) in [6.07, 6.45) is 0.907. The Morgan fingerprint density at radius 1 is 1.03 bits per heavy atom. The molecule has 3 N–H and O–H groups in total. The summed E-state index contributed by atoms with van der Waals surface area (Å²) in [4.78, 5) is 23.9. The number of carbonyl (C=O) groups excluding carboxylic acids is 2. The highest BCUT2D eigenvalue weighted by atomic mass is 32.2. The van der Waals surface area contributed by atoms with Gasteiger partial charge in [0.2, 0.25) is 21.8 Å². The molecule has 1 aliphatic heterocycles. The molecule has 0 unspecified atom stereocenters. The molecule has 154 valence electrons. The molecule has 0 radical (unpaired) electrons. The van der Waals surface area contributed by atoms with Gasteiger partial charge in [-0.2, -0.15) is 4.31 Å². The van der Waals surface area contributed by atoms with E-state index in [4.69, 9.17) is 5.73 Å². The van der Waals surface area contributed by atoms with E-state index >= 15 is 0 Å². The van der Waals surface area contributed by atoms with Crippen LogP contribution in [0, 0.1) is 19.8 Å².